The summed E-state index contributed by atoms with van der Waals surface area (Å²) < 4.78 is 5.72. The fourth-order valence-electron chi connectivity index (χ4n) is 12.3. The molecule has 414 valence electrons. The molecule has 0 saturated heterocycles. The lowest BCUT2D eigenvalue weighted by Gasteiger charge is -2.40. The number of aryl methyl sites for hydroxylation is 2. The second-order valence-electron chi connectivity index (χ2n) is 25.5. The van der Waals surface area contributed by atoms with Crippen LogP contribution in [0, 0.1) is 35.0 Å². The Morgan fingerprint density at radius 3 is 1.59 bits per heavy atom. The molecule has 2 aromatic rings. The molecule has 0 radical (unpaired) electrons. The molecule has 3 aliphatic heterocycles. The molecule has 0 N–H and O–H groups in total. The van der Waals surface area contributed by atoms with Crippen molar-refractivity contribution in [1.82, 2.24) is 4.90 Å². The summed E-state index contributed by atoms with van der Waals surface area (Å²) in [4.78, 5) is 61.1. The first-order valence-electron chi connectivity index (χ1n) is 30.3. The topological polar surface area (TPSA) is 87.2 Å². The number of esters is 1. The summed E-state index contributed by atoms with van der Waals surface area (Å²) in [6.07, 6.45) is 33.9. The molecule has 0 spiro atoms. The number of Topliss-reactive ketones (excluding diaryl/α,β-unsaturated/α-hetero) is 3. The molecule has 8 nitrogen and oxygen atoms in total. The van der Waals surface area contributed by atoms with E-state index in [1.54, 1.807) is 0 Å². The van der Waals surface area contributed by atoms with E-state index in [4.69, 9.17) is 4.74 Å². The average Bonchev–Trinajstić information content (AvgIpc) is 3.44. The minimum atomic E-state index is -0.283. The van der Waals surface area contributed by atoms with Gasteiger partial charge in [0.1, 0.15) is 0 Å². The van der Waals surface area contributed by atoms with Crippen LogP contribution in [-0.4, -0.2) is 61.0 Å². The maximum atomic E-state index is 14.1. The molecule has 8 heteroatoms. The van der Waals surface area contributed by atoms with Crippen LogP contribution in [0.5, 0.6) is 0 Å². The molecular formula is C67H101N3O5. The summed E-state index contributed by atoms with van der Waals surface area (Å²) in [6.45, 7) is 21.7. The number of ether oxygens (including phenoxy) is 1. The predicted octanol–water partition coefficient (Wildman–Crippen LogP) is 16.6. The van der Waals surface area contributed by atoms with Gasteiger partial charge in [0.25, 0.3) is 0 Å². The Kier molecular flexibility index (Phi) is 23.4. The minimum Gasteiger partial charge on any atom is -0.466 e. The van der Waals surface area contributed by atoms with E-state index in [1.807, 2.05) is 0 Å². The van der Waals surface area contributed by atoms with Gasteiger partial charge in [-0.1, -0.05) is 168 Å². The minimum absolute atomic E-state index is 0.0735. The van der Waals surface area contributed by atoms with E-state index in [-0.39, 0.29) is 52.4 Å². The first-order valence-corrected chi connectivity index (χ1v) is 30.3. The molecule has 1 atom stereocenters. The number of unbranched alkanes of at least 4 members (excludes halogenated alkanes) is 5. The Morgan fingerprint density at radius 2 is 1.05 bits per heavy atom. The van der Waals surface area contributed by atoms with Crippen molar-refractivity contribution in [3.63, 3.8) is 0 Å². The molecule has 1 saturated carbocycles. The highest BCUT2D eigenvalue weighted by atomic mass is 16.5. The van der Waals surface area contributed by atoms with Crippen LogP contribution in [0.3, 0.4) is 0 Å². The van der Waals surface area contributed by atoms with Gasteiger partial charge in [-0.3, -0.25) is 19.2 Å². The molecule has 1 unspecified atom stereocenters. The monoisotopic (exact) mass is 1030 g/mol. The number of hydrogen-bond acceptors (Lipinski definition) is 8. The number of anilines is 2. The van der Waals surface area contributed by atoms with Crippen molar-refractivity contribution in [2.24, 2.45) is 28.1 Å². The van der Waals surface area contributed by atoms with Crippen LogP contribution in [0.1, 0.15) is 227 Å². The average molecular weight is 1030 g/mol. The van der Waals surface area contributed by atoms with Crippen molar-refractivity contribution in [2.45, 2.75) is 229 Å². The molecule has 0 aromatic heterocycles. The SMILES string of the molecule is Cc1ccc(N2C=C(C(=O)CCCCCCCCC(=O)C3=CN(c4ccc(CCC5(C)CCN(CC(C)C)C=C5C(=O)CCC(=O)OCCCC5CCCCCCCCCC5)cc4)CCC3(C)C)C(C)(C)CC2)cc1. The second-order valence-corrected chi connectivity index (χ2v) is 25.5. The molecule has 75 heavy (non-hydrogen) atoms. The highest BCUT2D eigenvalue weighted by molar-refractivity contribution is 5.99. The summed E-state index contributed by atoms with van der Waals surface area (Å²) in [7, 11) is 0. The van der Waals surface area contributed by atoms with E-state index in [0.717, 1.165) is 144 Å². The summed E-state index contributed by atoms with van der Waals surface area (Å²) in [6, 6.07) is 17.4. The van der Waals surface area contributed by atoms with E-state index < -0.39 is 0 Å². The van der Waals surface area contributed by atoms with Gasteiger partial charge in [0.05, 0.1) is 13.0 Å². The number of hydrogen-bond donors (Lipinski definition) is 0. The highest BCUT2D eigenvalue weighted by Crippen LogP contribution is 2.42. The van der Waals surface area contributed by atoms with E-state index >= 15 is 0 Å². The van der Waals surface area contributed by atoms with E-state index in [0.29, 0.717) is 25.4 Å². The van der Waals surface area contributed by atoms with Crippen molar-refractivity contribution in [2.75, 3.05) is 42.6 Å². The molecule has 6 rings (SSSR count). The van der Waals surface area contributed by atoms with Crippen LogP contribution in [-0.2, 0) is 30.3 Å². The standard InChI is InChI=1S/C67H101N3O5/c1-52(2)48-68-44-43-67(8,60(49-68)63(73)37-38-64(74)75-47-23-26-54-24-19-15-11-9-10-12-16-20-25-54)40-39-55-31-35-57(36-32-55)70-46-42-66(6,7)59(51-70)62(72)28-22-18-14-13-17-21-27-61(71)58-50-69(45-41-65(58,4)5)56-33-29-53(3)30-34-56/h29-36,49-52,54H,9-28,37-48H2,1-8H3. The zero-order chi connectivity index (χ0) is 53.9. The van der Waals surface area contributed by atoms with Crippen LogP contribution in [0.2, 0.25) is 0 Å². The van der Waals surface area contributed by atoms with Crippen LogP contribution in [0.15, 0.2) is 83.9 Å². The Labute approximate surface area is 456 Å². The quantitative estimate of drug-likeness (QED) is 0.0680. The fraction of sp³-hybridized carbons (Fsp3) is 0.672. The van der Waals surface area contributed by atoms with Gasteiger partial charge in [-0.15, -0.1) is 0 Å². The number of ketones is 3. The van der Waals surface area contributed by atoms with Gasteiger partial charge >= 0.3 is 5.97 Å². The van der Waals surface area contributed by atoms with Crippen LogP contribution in [0.25, 0.3) is 0 Å². The maximum absolute atomic E-state index is 14.1. The number of carbonyl (C=O) groups excluding carboxylic acids is 4. The third-order valence-corrected chi connectivity index (χ3v) is 17.6. The van der Waals surface area contributed by atoms with Gasteiger partial charge in [-0.2, -0.15) is 0 Å². The highest BCUT2D eigenvalue weighted by Gasteiger charge is 2.38. The Balaban J connectivity index is 0.930. The largest absolute Gasteiger partial charge is 0.466 e. The summed E-state index contributed by atoms with van der Waals surface area (Å²) in [5, 5.41) is 0. The smallest absolute Gasteiger partial charge is 0.306 e. The number of nitrogens with zero attached hydrogens (tertiary/aromatic N) is 3. The van der Waals surface area contributed by atoms with E-state index in [2.05, 4.69) is 137 Å². The molecule has 2 aromatic carbocycles. The van der Waals surface area contributed by atoms with Crippen LogP contribution >= 0.6 is 0 Å². The van der Waals surface area contributed by atoms with E-state index in [1.165, 1.54) is 75.3 Å². The zero-order valence-corrected chi connectivity index (χ0v) is 48.5. The summed E-state index contributed by atoms with van der Waals surface area (Å²) in [5.41, 5.74) is 6.89. The molecule has 0 amide bonds. The Hall–Kier alpha value is -4.46. The van der Waals surface area contributed by atoms with Crippen molar-refractivity contribution in [1.29, 1.82) is 0 Å². The molecule has 1 aliphatic carbocycles. The van der Waals surface area contributed by atoms with Crippen molar-refractivity contribution >= 4 is 34.7 Å². The second kappa shape index (κ2) is 29.3. The van der Waals surface area contributed by atoms with Crippen LogP contribution < -0.4 is 9.80 Å². The molecule has 1 fully saturated rings. The number of allylic oxidation sites excluding steroid dienone is 3. The predicted molar refractivity (Wildman–Crippen MR) is 312 cm³/mol. The molecule has 0 bridgehead atoms. The first-order chi connectivity index (χ1) is 35.9. The Morgan fingerprint density at radius 1 is 0.560 bits per heavy atom. The lowest BCUT2D eigenvalue weighted by Crippen LogP contribution is -2.38. The third kappa shape index (κ3) is 18.9. The fourth-order valence-corrected chi connectivity index (χ4v) is 12.3. The third-order valence-electron chi connectivity index (χ3n) is 17.6. The number of rotatable bonds is 26. The lowest BCUT2D eigenvalue weighted by atomic mass is 9.71. The van der Waals surface area contributed by atoms with Gasteiger partial charge in [0, 0.05) is 92.1 Å². The van der Waals surface area contributed by atoms with Gasteiger partial charge in [0.15, 0.2) is 17.3 Å². The van der Waals surface area contributed by atoms with Gasteiger partial charge in [-0.05, 0) is 123 Å². The summed E-state index contributed by atoms with van der Waals surface area (Å²) >= 11 is 0. The van der Waals surface area contributed by atoms with Gasteiger partial charge in [0.2, 0.25) is 0 Å². The number of carbonyl (C=O) groups is 4. The van der Waals surface area contributed by atoms with Crippen molar-refractivity contribution in [3.05, 3.63) is 95.0 Å². The van der Waals surface area contributed by atoms with Crippen molar-refractivity contribution < 1.29 is 23.9 Å². The van der Waals surface area contributed by atoms with Gasteiger partial charge in [-0.25, -0.2) is 0 Å². The maximum Gasteiger partial charge on any atom is 0.306 e. The molecule has 4 aliphatic rings. The zero-order valence-electron chi connectivity index (χ0n) is 48.5. The molecule has 3 heterocycles. The Bertz CT molecular complexity index is 2220. The number of benzene rings is 2. The first kappa shape index (κ1) is 59.8. The summed E-state index contributed by atoms with van der Waals surface area (Å²) in [5.74, 6) is 1.59. The normalized spacial score (nSPS) is 20.7. The van der Waals surface area contributed by atoms with Gasteiger partial charge < -0.3 is 19.4 Å². The van der Waals surface area contributed by atoms with Crippen molar-refractivity contribution in [3.8, 4) is 0 Å². The van der Waals surface area contributed by atoms with E-state index in [9.17, 15) is 19.2 Å². The molecular weight excluding hydrogens is 927 g/mol. The van der Waals surface area contributed by atoms with Crippen LogP contribution in [0.4, 0.5) is 11.4 Å². The lowest BCUT2D eigenvalue weighted by molar-refractivity contribution is -0.144.